The number of rotatable bonds is 6. The Morgan fingerprint density at radius 2 is 2.16 bits per heavy atom. The maximum absolute atomic E-state index is 5.98. The standard InChI is InChI=1S/C17H23NO/c1-5-18-15(8-6-12(2)3)17-11-14-10-13(4)7-9-16(14)19-17/h7,9-11,15,18H,2,5-6,8H2,1,3-4H3. The molecule has 19 heavy (non-hydrogen) atoms. The van der Waals surface area contributed by atoms with E-state index < -0.39 is 0 Å². The summed E-state index contributed by atoms with van der Waals surface area (Å²) in [5.74, 6) is 1.03. The molecule has 0 spiro atoms. The molecule has 1 aromatic heterocycles. The minimum atomic E-state index is 0.273. The van der Waals surface area contributed by atoms with Crippen LogP contribution in [0.3, 0.4) is 0 Å². The van der Waals surface area contributed by atoms with Crippen LogP contribution in [0.4, 0.5) is 0 Å². The van der Waals surface area contributed by atoms with Gasteiger partial charge in [0.1, 0.15) is 11.3 Å². The van der Waals surface area contributed by atoms with Crippen molar-refractivity contribution in [1.29, 1.82) is 0 Å². The molecule has 2 rings (SSSR count). The van der Waals surface area contributed by atoms with Crippen molar-refractivity contribution in [1.82, 2.24) is 5.32 Å². The molecular formula is C17H23NO. The second-order valence-corrected chi connectivity index (χ2v) is 5.30. The van der Waals surface area contributed by atoms with E-state index in [0.717, 1.165) is 30.7 Å². The van der Waals surface area contributed by atoms with Crippen molar-refractivity contribution in [2.24, 2.45) is 0 Å². The maximum Gasteiger partial charge on any atom is 0.134 e. The predicted octanol–water partition coefficient (Wildman–Crippen LogP) is 4.75. The van der Waals surface area contributed by atoms with E-state index in [1.165, 1.54) is 16.5 Å². The van der Waals surface area contributed by atoms with Crippen molar-refractivity contribution >= 4 is 11.0 Å². The second-order valence-electron chi connectivity index (χ2n) is 5.30. The van der Waals surface area contributed by atoms with Crippen LogP contribution in [-0.2, 0) is 0 Å². The zero-order valence-electron chi connectivity index (χ0n) is 12.1. The van der Waals surface area contributed by atoms with Gasteiger partial charge in [-0.3, -0.25) is 0 Å². The van der Waals surface area contributed by atoms with Gasteiger partial charge in [0.25, 0.3) is 0 Å². The number of hydrogen-bond donors (Lipinski definition) is 1. The Morgan fingerprint density at radius 3 is 2.84 bits per heavy atom. The third kappa shape index (κ3) is 3.48. The van der Waals surface area contributed by atoms with Gasteiger partial charge in [-0.2, -0.15) is 0 Å². The Morgan fingerprint density at radius 1 is 1.37 bits per heavy atom. The van der Waals surface area contributed by atoms with Gasteiger partial charge in [-0.1, -0.05) is 24.1 Å². The molecule has 0 saturated carbocycles. The van der Waals surface area contributed by atoms with E-state index in [9.17, 15) is 0 Å². The summed E-state index contributed by atoms with van der Waals surface area (Å²) in [6.45, 7) is 11.2. The zero-order valence-corrected chi connectivity index (χ0v) is 12.1. The van der Waals surface area contributed by atoms with Gasteiger partial charge in [-0.05, 0) is 51.4 Å². The summed E-state index contributed by atoms with van der Waals surface area (Å²) in [5, 5.41) is 4.68. The fourth-order valence-corrected chi connectivity index (χ4v) is 2.34. The molecule has 1 atom stereocenters. The zero-order chi connectivity index (χ0) is 13.8. The van der Waals surface area contributed by atoms with Crippen molar-refractivity contribution in [3.63, 3.8) is 0 Å². The lowest BCUT2D eigenvalue weighted by molar-refractivity contribution is 0.417. The minimum Gasteiger partial charge on any atom is -0.459 e. The van der Waals surface area contributed by atoms with Gasteiger partial charge < -0.3 is 9.73 Å². The Kier molecular flexibility index (Phi) is 4.43. The number of aryl methyl sites for hydroxylation is 1. The van der Waals surface area contributed by atoms with Crippen LogP contribution in [0.25, 0.3) is 11.0 Å². The first-order valence-corrected chi connectivity index (χ1v) is 6.98. The Labute approximate surface area is 115 Å². The molecule has 2 nitrogen and oxygen atoms in total. The molecule has 0 amide bonds. The number of benzene rings is 1. The molecule has 0 bridgehead atoms. The summed E-state index contributed by atoms with van der Waals surface area (Å²) < 4.78 is 5.98. The molecular weight excluding hydrogens is 234 g/mol. The largest absolute Gasteiger partial charge is 0.459 e. The fraction of sp³-hybridized carbons (Fsp3) is 0.412. The van der Waals surface area contributed by atoms with Crippen LogP contribution in [0.2, 0.25) is 0 Å². The van der Waals surface area contributed by atoms with Gasteiger partial charge in [0.2, 0.25) is 0 Å². The van der Waals surface area contributed by atoms with Crippen LogP contribution in [0.5, 0.6) is 0 Å². The van der Waals surface area contributed by atoms with Gasteiger partial charge in [0, 0.05) is 5.39 Å². The van der Waals surface area contributed by atoms with Crippen molar-refractivity contribution in [2.75, 3.05) is 6.54 Å². The molecule has 0 aliphatic carbocycles. The Hall–Kier alpha value is -1.54. The lowest BCUT2D eigenvalue weighted by Crippen LogP contribution is -2.20. The first kappa shape index (κ1) is 13.9. The van der Waals surface area contributed by atoms with Crippen molar-refractivity contribution in [2.45, 2.75) is 39.7 Å². The molecule has 1 aromatic carbocycles. The number of nitrogens with one attached hydrogen (secondary N) is 1. The topological polar surface area (TPSA) is 25.2 Å². The highest BCUT2D eigenvalue weighted by Gasteiger charge is 2.15. The number of allylic oxidation sites excluding steroid dienone is 1. The quantitative estimate of drug-likeness (QED) is 0.755. The van der Waals surface area contributed by atoms with Crippen molar-refractivity contribution in [3.05, 3.63) is 47.7 Å². The smallest absolute Gasteiger partial charge is 0.134 e. The molecule has 0 aliphatic heterocycles. The summed E-state index contributed by atoms with van der Waals surface area (Å²) in [5.41, 5.74) is 3.45. The summed E-state index contributed by atoms with van der Waals surface area (Å²) >= 11 is 0. The van der Waals surface area contributed by atoms with Crippen LogP contribution in [0.1, 0.15) is 44.1 Å². The highest BCUT2D eigenvalue weighted by molar-refractivity contribution is 5.78. The minimum absolute atomic E-state index is 0.273. The second kappa shape index (κ2) is 6.07. The number of hydrogen-bond acceptors (Lipinski definition) is 2. The van der Waals surface area contributed by atoms with Crippen molar-refractivity contribution in [3.8, 4) is 0 Å². The third-order valence-electron chi connectivity index (χ3n) is 3.34. The first-order chi connectivity index (χ1) is 9.10. The molecule has 1 N–H and O–H groups in total. The highest BCUT2D eigenvalue weighted by Crippen LogP contribution is 2.27. The number of fused-ring (bicyclic) bond motifs is 1. The lowest BCUT2D eigenvalue weighted by atomic mass is 10.0. The predicted molar refractivity (Wildman–Crippen MR) is 81.4 cm³/mol. The highest BCUT2D eigenvalue weighted by atomic mass is 16.3. The fourth-order valence-electron chi connectivity index (χ4n) is 2.34. The average molecular weight is 257 g/mol. The van der Waals surface area contributed by atoms with Crippen LogP contribution < -0.4 is 5.32 Å². The molecule has 1 unspecified atom stereocenters. The van der Waals surface area contributed by atoms with Crippen LogP contribution >= 0.6 is 0 Å². The van der Waals surface area contributed by atoms with Gasteiger partial charge in [0.05, 0.1) is 6.04 Å². The molecule has 0 fully saturated rings. The molecule has 2 aromatic rings. The van der Waals surface area contributed by atoms with Crippen molar-refractivity contribution < 1.29 is 4.42 Å². The summed E-state index contributed by atoms with van der Waals surface area (Å²) in [6.07, 6.45) is 2.05. The van der Waals surface area contributed by atoms with Gasteiger partial charge in [0.15, 0.2) is 0 Å². The van der Waals surface area contributed by atoms with E-state index in [-0.39, 0.29) is 6.04 Å². The molecule has 0 radical (unpaired) electrons. The monoisotopic (exact) mass is 257 g/mol. The van der Waals surface area contributed by atoms with E-state index in [2.05, 4.69) is 56.9 Å². The Balaban J connectivity index is 2.25. The molecule has 0 aliphatic rings. The van der Waals surface area contributed by atoms with E-state index in [0.29, 0.717) is 0 Å². The van der Waals surface area contributed by atoms with Gasteiger partial charge in [-0.25, -0.2) is 0 Å². The number of furan rings is 1. The van der Waals surface area contributed by atoms with E-state index in [1.807, 2.05) is 0 Å². The average Bonchev–Trinajstić information content (AvgIpc) is 2.76. The SMILES string of the molecule is C=C(C)CCC(NCC)c1cc2cc(C)ccc2o1. The maximum atomic E-state index is 5.98. The van der Waals surface area contributed by atoms with Gasteiger partial charge >= 0.3 is 0 Å². The van der Waals surface area contributed by atoms with Crippen LogP contribution in [0.15, 0.2) is 40.8 Å². The molecule has 102 valence electrons. The molecule has 2 heteroatoms. The molecule has 1 heterocycles. The van der Waals surface area contributed by atoms with E-state index >= 15 is 0 Å². The van der Waals surface area contributed by atoms with E-state index in [4.69, 9.17) is 4.42 Å². The summed E-state index contributed by atoms with van der Waals surface area (Å²) in [6, 6.07) is 8.74. The molecule has 0 saturated heterocycles. The van der Waals surface area contributed by atoms with E-state index in [1.54, 1.807) is 0 Å². The summed E-state index contributed by atoms with van der Waals surface area (Å²) in [4.78, 5) is 0. The third-order valence-corrected chi connectivity index (χ3v) is 3.34. The van der Waals surface area contributed by atoms with Crippen LogP contribution in [0, 0.1) is 6.92 Å². The summed E-state index contributed by atoms with van der Waals surface area (Å²) in [7, 11) is 0. The van der Waals surface area contributed by atoms with Gasteiger partial charge in [-0.15, -0.1) is 6.58 Å². The Bertz CT molecular complexity index is 568. The van der Waals surface area contributed by atoms with Crippen LogP contribution in [-0.4, -0.2) is 6.54 Å². The lowest BCUT2D eigenvalue weighted by Gasteiger charge is -2.15. The first-order valence-electron chi connectivity index (χ1n) is 6.98. The normalized spacial score (nSPS) is 12.8.